The average Bonchev–Trinajstić information content (AvgIpc) is 2.01. The SMILES string of the molecule is O=c1ccnc(SCC2CCC2)[nH]1. The Balaban J connectivity index is 1.89. The summed E-state index contributed by atoms with van der Waals surface area (Å²) in [5.74, 6) is 1.93. The average molecular weight is 196 g/mol. The quantitative estimate of drug-likeness (QED) is 0.590. The van der Waals surface area contributed by atoms with Crippen LogP contribution in [0.3, 0.4) is 0 Å². The number of nitrogens with one attached hydrogen (secondary N) is 1. The van der Waals surface area contributed by atoms with Crippen LogP contribution in [-0.2, 0) is 0 Å². The van der Waals surface area contributed by atoms with Crippen molar-refractivity contribution in [3.8, 4) is 0 Å². The molecule has 0 amide bonds. The first-order chi connectivity index (χ1) is 6.34. The number of nitrogens with zero attached hydrogens (tertiary/aromatic N) is 1. The summed E-state index contributed by atoms with van der Waals surface area (Å²) in [5, 5.41) is 0.749. The fraction of sp³-hybridized carbons (Fsp3) is 0.556. The fourth-order valence-electron chi connectivity index (χ4n) is 1.28. The molecular weight excluding hydrogens is 184 g/mol. The van der Waals surface area contributed by atoms with Crippen LogP contribution in [0.4, 0.5) is 0 Å². The van der Waals surface area contributed by atoms with Crippen LogP contribution < -0.4 is 5.56 Å². The van der Waals surface area contributed by atoms with Gasteiger partial charge < -0.3 is 4.98 Å². The predicted molar refractivity (Wildman–Crippen MR) is 52.9 cm³/mol. The Morgan fingerprint density at radius 3 is 3.08 bits per heavy atom. The molecule has 0 spiro atoms. The normalized spacial score (nSPS) is 16.9. The molecule has 0 atom stereocenters. The minimum Gasteiger partial charge on any atom is -0.301 e. The van der Waals surface area contributed by atoms with Gasteiger partial charge in [0.2, 0.25) is 0 Å². The highest BCUT2D eigenvalue weighted by Crippen LogP contribution is 2.30. The zero-order valence-corrected chi connectivity index (χ0v) is 8.14. The number of rotatable bonds is 3. The number of hydrogen-bond acceptors (Lipinski definition) is 3. The summed E-state index contributed by atoms with van der Waals surface area (Å²) in [5.41, 5.74) is -0.0638. The maximum Gasteiger partial charge on any atom is 0.251 e. The lowest BCUT2D eigenvalue weighted by Crippen LogP contribution is -2.14. The molecule has 0 bridgehead atoms. The molecule has 2 rings (SSSR count). The van der Waals surface area contributed by atoms with Gasteiger partial charge in [-0.05, 0) is 18.8 Å². The molecule has 1 aromatic rings. The van der Waals surface area contributed by atoms with Crippen molar-refractivity contribution in [1.29, 1.82) is 0 Å². The first kappa shape index (κ1) is 8.81. The maximum atomic E-state index is 10.9. The van der Waals surface area contributed by atoms with E-state index in [1.165, 1.54) is 25.3 Å². The molecule has 0 radical (unpaired) electrons. The summed E-state index contributed by atoms with van der Waals surface area (Å²) in [6, 6.07) is 1.44. The number of H-pyrrole nitrogens is 1. The summed E-state index contributed by atoms with van der Waals surface area (Å²) in [4.78, 5) is 17.7. The molecule has 0 aromatic carbocycles. The van der Waals surface area contributed by atoms with E-state index in [1.54, 1.807) is 18.0 Å². The molecule has 0 unspecified atom stereocenters. The van der Waals surface area contributed by atoms with Gasteiger partial charge in [-0.2, -0.15) is 0 Å². The van der Waals surface area contributed by atoms with Crippen LogP contribution in [0.1, 0.15) is 19.3 Å². The van der Waals surface area contributed by atoms with Gasteiger partial charge >= 0.3 is 0 Å². The summed E-state index contributed by atoms with van der Waals surface area (Å²) in [6.45, 7) is 0. The van der Waals surface area contributed by atoms with Crippen molar-refractivity contribution in [3.63, 3.8) is 0 Å². The molecule has 4 heteroatoms. The number of thioether (sulfide) groups is 1. The lowest BCUT2D eigenvalue weighted by Gasteiger charge is -2.24. The summed E-state index contributed by atoms with van der Waals surface area (Å²) < 4.78 is 0. The van der Waals surface area contributed by atoms with Crippen LogP contribution in [0.2, 0.25) is 0 Å². The monoisotopic (exact) mass is 196 g/mol. The topological polar surface area (TPSA) is 45.8 Å². The lowest BCUT2D eigenvalue weighted by molar-refractivity contribution is 0.353. The van der Waals surface area contributed by atoms with Gasteiger partial charge in [0, 0.05) is 18.0 Å². The fourth-order valence-corrected chi connectivity index (χ4v) is 2.32. The van der Waals surface area contributed by atoms with Crippen molar-refractivity contribution in [2.45, 2.75) is 24.4 Å². The predicted octanol–water partition coefficient (Wildman–Crippen LogP) is 1.66. The van der Waals surface area contributed by atoms with Gasteiger partial charge in [0.1, 0.15) is 0 Å². The third-order valence-electron chi connectivity index (χ3n) is 2.33. The van der Waals surface area contributed by atoms with Crippen molar-refractivity contribution < 1.29 is 0 Å². The summed E-state index contributed by atoms with van der Waals surface area (Å²) >= 11 is 1.65. The second-order valence-electron chi connectivity index (χ2n) is 3.35. The molecule has 0 aliphatic heterocycles. The molecule has 1 aliphatic rings. The van der Waals surface area contributed by atoms with E-state index in [-0.39, 0.29) is 5.56 Å². The third-order valence-corrected chi connectivity index (χ3v) is 3.45. The second kappa shape index (κ2) is 3.96. The molecule has 3 nitrogen and oxygen atoms in total. The summed E-state index contributed by atoms with van der Waals surface area (Å²) in [7, 11) is 0. The van der Waals surface area contributed by atoms with Gasteiger partial charge in [0.25, 0.3) is 5.56 Å². The molecule has 1 aliphatic carbocycles. The Hall–Kier alpha value is -0.770. The van der Waals surface area contributed by atoms with E-state index in [4.69, 9.17) is 0 Å². The molecule has 1 fully saturated rings. The largest absolute Gasteiger partial charge is 0.301 e. The highest BCUT2D eigenvalue weighted by atomic mass is 32.2. The van der Waals surface area contributed by atoms with Gasteiger partial charge in [0.15, 0.2) is 5.16 Å². The molecule has 1 saturated carbocycles. The van der Waals surface area contributed by atoms with Gasteiger partial charge in [-0.15, -0.1) is 0 Å². The highest BCUT2D eigenvalue weighted by Gasteiger charge is 2.17. The second-order valence-corrected chi connectivity index (χ2v) is 4.36. The van der Waals surface area contributed by atoms with E-state index in [0.29, 0.717) is 0 Å². The molecule has 1 aromatic heterocycles. The van der Waals surface area contributed by atoms with Crippen molar-refractivity contribution in [2.75, 3.05) is 5.75 Å². The van der Waals surface area contributed by atoms with E-state index in [0.717, 1.165) is 16.8 Å². The van der Waals surface area contributed by atoms with Crippen LogP contribution in [0.15, 0.2) is 22.2 Å². The van der Waals surface area contributed by atoms with Crippen molar-refractivity contribution in [3.05, 3.63) is 22.6 Å². The smallest absolute Gasteiger partial charge is 0.251 e. The van der Waals surface area contributed by atoms with Gasteiger partial charge in [0.05, 0.1) is 0 Å². The van der Waals surface area contributed by atoms with Crippen molar-refractivity contribution in [2.24, 2.45) is 5.92 Å². The van der Waals surface area contributed by atoms with Crippen LogP contribution in [0, 0.1) is 5.92 Å². The Morgan fingerprint density at radius 2 is 2.46 bits per heavy atom. The zero-order valence-electron chi connectivity index (χ0n) is 7.32. The standard InChI is InChI=1S/C9H12N2OS/c12-8-4-5-10-9(11-8)13-6-7-2-1-3-7/h4-5,7H,1-3,6H2,(H,10,11,12). The Morgan fingerprint density at radius 1 is 1.62 bits per heavy atom. The number of aromatic nitrogens is 2. The molecule has 70 valence electrons. The number of aromatic amines is 1. The first-order valence-electron chi connectivity index (χ1n) is 4.53. The van der Waals surface area contributed by atoms with E-state index < -0.39 is 0 Å². The maximum absolute atomic E-state index is 10.9. The van der Waals surface area contributed by atoms with Crippen LogP contribution in [-0.4, -0.2) is 15.7 Å². The zero-order chi connectivity index (χ0) is 9.10. The lowest BCUT2D eigenvalue weighted by atomic mass is 9.87. The van der Waals surface area contributed by atoms with Crippen molar-refractivity contribution in [1.82, 2.24) is 9.97 Å². The molecule has 1 N–H and O–H groups in total. The van der Waals surface area contributed by atoms with Crippen LogP contribution in [0.5, 0.6) is 0 Å². The van der Waals surface area contributed by atoms with E-state index in [2.05, 4.69) is 9.97 Å². The van der Waals surface area contributed by atoms with Gasteiger partial charge in [-0.3, -0.25) is 4.79 Å². The van der Waals surface area contributed by atoms with Crippen LogP contribution >= 0.6 is 11.8 Å². The molecule has 0 saturated heterocycles. The highest BCUT2D eigenvalue weighted by molar-refractivity contribution is 7.99. The summed E-state index contributed by atoms with van der Waals surface area (Å²) in [6.07, 6.45) is 5.60. The minimum absolute atomic E-state index is 0.0638. The molecule has 13 heavy (non-hydrogen) atoms. The van der Waals surface area contributed by atoms with E-state index in [1.807, 2.05) is 0 Å². The molecular formula is C9H12N2OS. The van der Waals surface area contributed by atoms with Gasteiger partial charge in [-0.1, -0.05) is 18.2 Å². The molecule has 1 heterocycles. The van der Waals surface area contributed by atoms with Crippen molar-refractivity contribution >= 4 is 11.8 Å². The van der Waals surface area contributed by atoms with Gasteiger partial charge in [-0.25, -0.2) is 4.98 Å². The van der Waals surface area contributed by atoms with E-state index in [9.17, 15) is 4.79 Å². The Labute approximate surface area is 81.0 Å². The van der Waals surface area contributed by atoms with Crippen LogP contribution in [0.25, 0.3) is 0 Å². The Bertz CT molecular complexity index is 332. The Kier molecular flexibility index (Phi) is 2.68. The third kappa shape index (κ3) is 2.34. The minimum atomic E-state index is -0.0638. The van der Waals surface area contributed by atoms with E-state index >= 15 is 0 Å². The number of hydrogen-bond donors (Lipinski definition) is 1. The first-order valence-corrected chi connectivity index (χ1v) is 5.51.